The summed E-state index contributed by atoms with van der Waals surface area (Å²) in [7, 11) is 0. The maximum absolute atomic E-state index is 12.5. The standard InChI is InChI=1S/C15H25N3O5/c1-15(2,23)10-12(19)16-6-8-17(9-7-16)13(20)11-4-3-5-18(11)14(21)22/h11,23H,3-10H2,1-2H3,(H,21,22). The van der Waals surface area contributed by atoms with Crippen LogP contribution in [0.15, 0.2) is 0 Å². The molecule has 0 saturated carbocycles. The van der Waals surface area contributed by atoms with Gasteiger partial charge in [-0.15, -0.1) is 0 Å². The number of rotatable bonds is 3. The van der Waals surface area contributed by atoms with Gasteiger partial charge in [-0.3, -0.25) is 14.5 Å². The number of piperazine rings is 1. The zero-order valence-electron chi connectivity index (χ0n) is 13.7. The minimum absolute atomic E-state index is 0.0519. The monoisotopic (exact) mass is 327 g/mol. The van der Waals surface area contributed by atoms with Crippen LogP contribution in [0.3, 0.4) is 0 Å². The van der Waals surface area contributed by atoms with Crippen LogP contribution in [0.5, 0.6) is 0 Å². The highest BCUT2D eigenvalue weighted by atomic mass is 16.4. The molecule has 1 atom stereocenters. The van der Waals surface area contributed by atoms with Crippen LogP contribution >= 0.6 is 0 Å². The molecule has 0 bridgehead atoms. The molecule has 0 aromatic rings. The highest BCUT2D eigenvalue weighted by Gasteiger charge is 2.37. The summed E-state index contributed by atoms with van der Waals surface area (Å²) in [5.41, 5.74) is -1.05. The lowest BCUT2D eigenvalue weighted by molar-refractivity contribution is -0.143. The maximum atomic E-state index is 12.5. The first-order chi connectivity index (χ1) is 10.7. The van der Waals surface area contributed by atoms with E-state index in [1.807, 2.05) is 0 Å². The van der Waals surface area contributed by atoms with E-state index < -0.39 is 17.7 Å². The van der Waals surface area contributed by atoms with Gasteiger partial charge in [-0.2, -0.15) is 0 Å². The molecule has 2 rings (SSSR count). The van der Waals surface area contributed by atoms with E-state index >= 15 is 0 Å². The number of amides is 3. The lowest BCUT2D eigenvalue weighted by Gasteiger charge is -2.37. The van der Waals surface area contributed by atoms with Crippen molar-refractivity contribution in [3.8, 4) is 0 Å². The first kappa shape index (κ1) is 17.5. The second-order valence-electron chi connectivity index (χ2n) is 6.83. The van der Waals surface area contributed by atoms with E-state index in [9.17, 15) is 19.5 Å². The summed E-state index contributed by atoms with van der Waals surface area (Å²) in [5, 5.41) is 18.8. The Balaban J connectivity index is 1.88. The van der Waals surface area contributed by atoms with E-state index in [1.54, 1.807) is 23.6 Å². The Kier molecular flexibility index (Phi) is 5.13. The molecule has 3 amide bonds. The van der Waals surface area contributed by atoms with Crippen molar-refractivity contribution in [3.63, 3.8) is 0 Å². The Morgan fingerprint density at radius 1 is 1.04 bits per heavy atom. The van der Waals surface area contributed by atoms with Crippen molar-refractivity contribution < 1.29 is 24.6 Å². The van der Waals surface area contributed by atoms with Gasteiger partial charge in [-0.05, 0) is 26.7 Å². The molecule has 130 valence electrons. The maximum Gasteiger partial charge on any atom is 0.407 e. The molecule has 0 aromatic heterocycles. The molecule has 23 heavy (non-hydrogen) atoms. The summed E-state index contributed by atoms with van der Waals surface area (Å²) in [5.74, 6) is -0.294. The second-order valence-corrected chi connectivity index (χ2v) is 6.83. The number of carboxylic acid groups (broad SMARTS) is 1. The molecule has 8 nitrogen and oxygen atoms in total. The molecule has 2 aliphatic heterocycles. The molecule has 2 saturated heterocycles. The van der Waals surface area contributed by atoms with Crippen LogP contribution in [0.25, 0.3) is 0 Å². The fraction of sp³-hybridized carbons (Fsp3) is 0.800. The van der Waals surface area contributed by atoms with E-state index in [0.717, 1.165) is 0 Å². The zero-order chi connectivity index (χ0) is 17.2. The molecule has 2 N–H and O–H groups in total. The molecule has 2 heterocycles. The minimum atomic E-state index is -1.06. The first-order valence-electron chi connectivity index (χ1n) is 7.97. The summed E-state index contributed by atoms with van der Waals surface area (Å²) in [6.07, 6.45) is 0.256. The predicted octanol–water partition coefficient (Wildman–Crippen LogP) is -0.0394. The van der Waals surface area contributed by atoms with Gasteiger partial charge in [-0.1, -0.05) is 0 Å². The number of aliphatic hydroxyl groups is 1. The highest BCUT2D eigenvalue weighted by Crippen LogP contribution is 2.20. The van der Waals surface area contributed by atoms with Crippen molar-refractivity contribution in [2.45, 2.75) is 44.8 Å². The van der Waals surface area contributed by atoms with Crippen molar-refractivity contribution in [3.05, 3.63) is 0 Å². The van der Waals surface area contributed by atoms with Crippen molar-refractivity contribution in [1.82, 2.24) is 14.7 Å². The lowest BCUT2D eigenvalue weighted by Crippen LogP contribution is -2.55. The average molecular weight is 327 g/mol. The fourth-order valence-electron chi connectivity index (χ4n) is 3.12. The zero-order valence-corrected chi connectivity index (χ0v) is 13.7. The summed E-state index contributed by atoms with van der Waals surface area (Å²) >= 11 is 0. The first-order valence-corrected chi connectivity index (χ1v) is 7.97. The third-order valence-electron chi connectivity index (χ3n) is 4.31. The van der Waals surface area contributed by atoms with E-state index in [2.05, 4.69) is 0 Å². The normalized spacial score (nSPS) is 22.4. The molecule has 1 unspecified atom stereocenters. The predicted molar refractivity (Wildman–Crippen MR) is 81.8 cm³/mol. The van der Waals surface area contributed by atoms with Crippen molar-refractivity contribution in [2.24, 2.45) is 0 Å². The van der Waals surface area contributed by atoms with Gasteiger partial charge in [0.25, 0.3) is 0 Å². The summed E-state index contributed by atoms with van der Waals surface area (Å²) in [4.78, 5) is 40.2. The van der Waals surface area contributed by atoms with Crippen LogP contribution in [-0.4, -0.2) is 87.2 Å². The number of hydrogen-bond acceptors (Lipinski definition) is 4. The number of hydrogen-bond donors (Lipinski definition) is 2. The van der Waals surface area contributed by atoms with Gasteiger partial charge in [0.15, 0.2) is 0 Å². The van der Waals surface area contributed by atoms with E-state index in [0.29, 0.717) is 45.6 Å². The van der Waals surface area contributed by atoms with Gasteiger partial charge in [0.2, 0.25) is 11.8 Å². The van der Waals surface area contributed by atoms with Gasteiger partial charge in [0.05, 0.1) is 12.0 Å². The van der Waals surface area contributed by atoms with E-state index in [-0.39, 0.29) is 18.2 Å². The second kappa shape index (κ2) is 6.74. The van der Waals surface area contributed by atoms with Crippen LogP contribution in [0, 0.1) is 0 Å². The Morgan fingerprint density at radius 3 is 2.13 bits per heavy atom. The number of nitrogens with zero attached hydrogens (tertiary/aromatic N) is 3. The van der Waals surface area contributed by atoms with Gasteiger partial charge in [-0.25, -0.2) is 4.79 Å². The van der Waals surface area contributed by atoms with E-state index in [4.69, 9.17) is 5.11 Å². The van der Waals surface area contributed by atoms with Crippen LogP contribution in [0.1, 0.15) is 33.1 Å². The molecular formula is C15H25N3O5. The quantitative estimate of drug-likeness (QED) is 0.757. The van der Waals surface area contributed by atoms with Crippen molar-refractivity contribution >= 4 is 17.9 Å². The van der Waals surface area contributed by atoms with Crippen molar-refractivity contribution in [2.75, 3.05) is 32.7 Å². The largest absolute Gasteiger partial charge is 0.465 e. The molecule has 0 radical (unpaired) electrons. The molecule has 2 aliphatic rings. The SMILES string of the molecule is CC(C)(O)CC(=O)N1CCN(C(=O)C2CCCN2C(=O)O)CC1. The number of carbonyl (C=O) groups excluding carboxylic acids is 2. The third kappa shape index (κ3) is 4.34. The smallest absolute Gasteiger partial charge is 0.407 e. The summed E-state index contributed by atoms with van der Waals surface area (Å²) in [6.45, 7) is 5.22. The Morgan fingerprint density at radius 2 is 1.61 bits per heavy atom. The van der Waals surface area contributed by atoms with Crippen LogP contribution in [0.2, 0.25) is 0 Å². The highest BCUT2D eigenvalue weighted by molar-refractivity contribution is 5.86. The summed E-state index contributed by atoms with van der Waals surface area (Å²) < 4.78 is 0. The molecule has 0 spiro atoms. The Bertz CT molecular complexity index is 480. The molecule has 0 aromatic carbocycles. The van der Waals surface area contributed by atoms with Crippen molar-refractivity contribution in [1.29, 1.82) is 0 Å². The van der Waals surface area contributed by atoms with Gasteiger partial charge in [0.1, 0.15) is 6.04 Å². The van der Waals surface area contributed by atoms with Gasteiger partial charge < -0.3 is 20.0 Å². The van der Waals surface area contributed by atoms with Gasteiger partial charge in [0, 0.05) is 32.7 Å². The Hall–Kier alpha value is -1.83. The number of likely N-dealkylation sites (tertiary alicyclic amines) is 1. The Labute approximate surface area is 135 Å². The molecule has 2 fully saturated rings. The fourth-order valence-corrected chi connectivity index (χ4v) is 3.12. The average Bonchev–Trinajstić information content (AvgIpc) is 2.94. The number of carbonyl (C=O) groups is 3. The molecule has 0 aliphatic carbocycles. The van der Waals surface area contributed by atoms with Crippen LogP contribution in [-0.2, 0) is 9.59 Å². The van der Waals surface area contributed by atoms with Crippen LogP contribution in [0.4, 0.5) is 4.79 Å². The molecule has 8 heteroatoms. The third-order valence-corrected chi connectivity index (χ3v) is 4.31. The summed E-state index contributed by atoms with van der Waals surface area (Å²) in [6, 6.07) is -0.592. The minimum Gasteiger partial charge on any atom is -0.465 e. The van der Waals surface area contributed by atoms with Gasteiger partial charge >= 0.3 is 6.09 Å². The van der Waals surface area contributed by atoms with Crippen LogP contribution < -0.4 is 0 Å². The molecular weight excluding hydrogens is 302 g/mol. The van der Waals surface area contributed by atoms with E-state index in [1.165, 1.54) is 4.90 Å². The lowest BCUT2D eigenvalue weighted by atomic mass is 10.0. The topological polar surface area (TPSA) is 101 Å².